The largest absolute Gasteiger partial charge is 0.465 e. The Morgan fingerprint density at radius 3 is 2.71 bits per heavy atom. The first-order chi connectivity index (χ1) is 9.94. The number of carbonyl (C=O) groups excluding carboxylic acids is 1. The van der Waals surface area contributed by atoms with Gasteiger partial charge in [-0.25, -0.2) is 0 Å². The first-order valence-electron chi connectivity index (χ1n) is 8.61. The van der Waals surface area contributed by atoms with Crippen LogP contribution in [-0.2, 0) is 9.53 Å². The molecule has 0 bridgehead atoms. The molecule has 0 amide bonds. The highest BCUT2D eigenvalue weighted by molar-refractivity contribution is 5.80. The SMILES string of the molecule is CCNC(C)(CCCN1CCCC(C)C1C)C(=O)OCC. The predicted octanol–water partition coefficient (Wildman–Crippen LogP) is 2.82. The van der Waals surface area contributed by atoms with Gasteiger partial charge in [0, 0.05) is 6.04 Å². The van der Waals surface area contributed by atoms with Crippen LogP contribution in [0, 0.1) is 5.92 Å². The fourth-order valence-electron chi connectivity index (χ4n) is 3.32. The zero-order chi connectivity index (χ0) is 15.9. The number of esters is 1. The molecule has 3 atom stereocenters. The standard InChI is InChI=1S/C17H34N2O2/c1-6-18-17(5,16(20)21-7-2)11-9-13-19-12-8-10-14(3)15(19)4/h14-15,18H,6-13H2,1-5H3. The van der Waals surface area contributed by atoms with Crippen molar-refractivity contribution < 1.29 is 9.53 Å². The van der Waals surface area contributed by atoms with Gasteiger partial charge in [-0.2, -0.15) is 0 Å². The highest BCUT2D eigenvalue weighted by Gasteiger charge is 2.33. The van der Waals surface area contributed by atoms with Gasteiger partial charge in [0.15, 0.2) is 0 Å². The van der Waals surface area contributed by atoms with Crippen LogP contribution in [0.15, 0.2) is 0 Å². The summed E-state index contributed by atoms with van der Waals surface area (Å²) in [6, 6.07) is 0.659. The lowest BCUT2D eigenvalue weighted by Gasteiger charge is -2.38. The van der Waals surface area contributed by atoms with Crippen LogP contribution in [0.5, 0.6) is 0 Å². The number of piperidine rings is 1. The Balaban J connectivity index is 2.48. The van der Waals surface area contributed by atoms with Crippen LogP contribution in [0.2, 0.25) is 0 Å². The summed E-state index contributed by atoms with van der Waals surface area (Å²) in [4.78, 5) is 14.7. The minimum Gasteiger partial charge on any atom is -0.465 e. The number of hydrogen-bond donors (Lipinski definition) is 1. The van der Waals surface area contributed by atoms with Crippen LogP contribution in [0.3, 0.4) is 0 Å². The molecule has 4 heteroatoms. The van der Waals surface area contributed by atoms with Crippen LogP contribution >= 0.6 is 0 Å². The lowest BCUT2D eigenvalue weighted by Crippen LogP contribution is -2.51. The fraction of sp³-hybridized carbons (Fsp3) is 0.941. The van der Waals surface area contributed by atoms with Crippen molar-refractivity contribution in [3.63, 3.8) is 0 Å². The van der Waals surface area contributed by atoms with E-state index in [9.17, 15) is 4.79 Å². The average Bonchev–Trinajstić information content (AvgIpc) is 2.44. The monoisotopic (exact) mass is 298 g/mol. The van der Waals surface area contributed by atoms with E-state index in [-0.39, 0.29) is 5.97 Å². The van der Waals surface area contributed by atoms with E-state index in [1.807, 2.05) is 20.8 Å². The maximum Gasteiger partial charge on any atom is 0.326 e. The lowest BCUT2D eigenvalue weighted by atomic mass is 9.91. The molecule has 1 heterocycles. The van der Waals surface area contributed by atoms with Crippen molar-refractivity contribution in [2.75, 3.05) is 26.2 Å². The number of rotatable bonds is 8. The van der Waals surface area contributed by atoms with Gasteiger partial charge in [-0.05, 0) is 72.0 Å². The number of nitrogens with zero attached hydrogens (tertiary/aromatic N) is 1. The van der Waals surface area contributed by atoms with Crippen molar-refractivity contribution in [1.82, 2.24) is 10.2 Å². The van der Waals surface area contributed by atoms with E-state index < -0.39 is 5.54 Å². The van der Waals surface area contributed by atoms with E-state index in [1.54, 1.807) is 0 Å². The van der Waals surface area contributed by atoms with Gasteiger partial charge in [0.1, 0.15) is 5.54 Å². The summed E-state index contributed by atoms with van der Waals surface area (Å²) < 4.78 is 5.23. The molecule has 0 radical (unpaired) electrons. The van der Waals surface area contributed by atoms with Crippen molar-refractivity contribution in [3.8, 4) is 0 Å². The van der Waals surface area contributed by atoms with Crippen LogP contribution in [0.4, 0.5) is 0 Å². The Morgan fingerprint density at radius 1 is 1.38 bits per heavy atom. The molecule has 0 aromatic rings. The van der Waals surface area contributed by atoms with Gasteiger partial charge in [0.2, 0.25) is 0 Å². The average molecular weight is 298 g/mol. The molecule has 21 heavy (non-hydrogen) atoms. The smallest absolute Gasteiger partial charge is 0.326 e. The third-order valence-electron chi connectivity index (χ3n) is 4.92. The molecule has 0 spiro atoms. The number of carbonyl (C=O) groups is 1. The topological polar surface area (TPSA) is 41.6 Å². The number of likely N-dealkylation sites (N-methyl/N-ethyl adjacent to an activating group) is 1. The molecule has 1 N–H and O–H groups in total. The maximum atomic E-state index is 12.2. The molecule has 1 rings (SSSR count). The summed E-state index contributed by atoms with van der Waals surface area (Å²) in [6.45, 7) is 14.0. The summed E-state index contributed by atoms with van der Waals surface area (Å²) in [7, 11) is 0. The third-order valence-corrected chi connectivity index (χ3v) is 4.92. The molecule has 0 aromatic carbocycles. The van der Waals surface area contributed by atoms with Gasteiger partial charge in [0.05, 0.1) is 6.61 Å². The number of hydrogen-bond acceptors (Lipinski definition) is 4. The molecule has 0 aliphatic carbocycles. The predicted molar refractivity (Wildman–Crippen MR) is 87.4 cm³/mol. The zero-order valence-corrected chi connectivity index (χ0v) is 14.6. The van der Waals surface area contributed by atoms with Crippen molar-refractivity contribution in [3.05, 3.63) is 0 Å². The molecule has 1 aliphatic heterocycles. The quantitative estimate of drug-likeness (QED) is 0.700. The molecule has 0 aromatic heterocycles. The zero-order valence-electron chi connectivity index (χ0n) is 14.6. The van der Waals surface area contributed by atoms with Gasteiger partial charge in [-0.3, -0.25) is 4.79 Å². The van der Waals surface area contributed by atoms with Crippen LogP contribution in [0.1, 0.15) is 60.3 Å². The highest BCUT2D eigenvalue weighted by atomic mass is 16.5. The van der Waals surface area contributed by atoms with Gasteiger partial charge < -0.3 is 15.0 Å². The first-order valence-corrected chi connectivity index (χ1v) is 8.61. The molecular formula is C17H34N2O2. The van der Waals surface area contributed by atoms with Crippen LogP contribution < -0.4 is 5.32 Å². The third kappa shape index (κ3) is 5.26. The summed E-state index contributed by atoms with van der Waals surface area (Å²) in [6.07, 6.45) is 4.50. The van der Waals surface area contributed by atoms with E-state index in [4.69, 9.17) is 4.74 Å². The van der Waals surface area contributed by atoms with E-state index in [0.717, 1.165) is 31.8 Å². The summed E-state index contributed by atoms with van der Waals surface area (Å²) in [5, 5.41) is 3.31. The lowest BCUT2D eigenvalue weighted by molar-refractivity contribution is -0.150. The molecule has 1 aliphatic rings. The van der Waals surface area contributed by atoms with E-state index in [2.05, 4.69) is 24.1 Å². The Hall–Kier alpha value is -0.610. The minimum absolute atomic E-state index is 0.119. The number of likely N-dealkylation sites (tertiary alicyclic amines) is 1. The molecule has 1 fully saturated rings. The molecule has 1 saturated heterocycles. The highest BCUT2D eigenvalue weighted by Crippen LogP contribution is 2.24. The van der Waals surface area contributed by atoms with Crippen LogP contribution in [-0.4, -0.2) is 48.7 Å². The van der Waals surface area contributed by atoms with Crippen molar-refractivity contribution in [2.45, 2.75) is 71.9 Å². The second kappa shape index (κ2) is 8.74. The van der Waals surface area contributed by atoms with Crippen molar-refractivity contribution in [2.24, 2.45) is 5.92 Å². The van der Waals surface area contributed by atoms with Crippen LogP contribution in [0.25, 0.3) is 0 Å². The number of ether oxygens (including phenoxy) is 1. The van der Waals surface area contributed by atoms with Gasteiger partial charge in [-0.1, -0.05) is 13.8 Å². The molecule has 4 nitrogen and oxygen atoms in total. The fourth-order valence-corrected chi connectivity index (χ4v) is 3.32. The minimum atomic E-state index is -0.546. The van der Waals surface area contributed by atoms with E-state index in [1.165, 1.54) is 19.4 Å². The van der Waals surface area contributed by atoms with Crippen molar-refractivity contribution >= 4 is 5.97 Å². The van der Waals surface area contributed by atoms with Gasteiger partial charge in [0.25, 0.3) is 0 Å². The summed E-state index contributed by atoms with van der Waals surface area (Å²) >= 11 is 0. The maximum absolute atomic E-state index is 12.2. The second-order valence-corrected chi connectivity index (χ2v) is 6.58. The van der Waals surface area contributed by atoms with Gasteiger partial charge in [-0.15, -0.1) is 0 Å². The Morgan fingerprint density at radius 2 is 2.10 bits per heavy atom. The second-order valence-electron chi connectivity index (χ2n) is 6.58. The first kappa shape index (κ1) is 18.4. The molecule has 3 unspecified atom stereocenters. The van der Waals surface area contributed by atoms with E-state index >= 15 is 0 Å². The van der Waals surface area contributed by atoms with Gasteiger partial charge >= 0.3 is 5.97 Å². The normalized spacial score (nSPS) is 26.3. The molecular weight excluding hydrogens is 264 g/mol. The van der Waals surface area contributed by atoms with Crippen molar-refractivity contribution in [1.29, 1.82) is 0 Å². The summed E-state index contributed by atoms with van der Waals surface area (Å²) in [5.74, 6) is 0.663. The molecule has 0 saturated carbocycles. The Labute approximate surface area is 130 Å². The molecule has 124 valence electrons. The summed E-state index contributed by atoms with van der Waals surface area (Å²) in [5.41, 5.74) is -0.546. The number of nitrogens with one attached hydrogen (secondary N) is 1. The van der Waals surface area contributed by atoms with E-state index in [0.29, 0.717) is 12.6 Å². The Kier molecular flexibility index (Phi) is 7.67. The Bertz CT molecular complexity index is 322.